The fraction of sp³-hybridized carbons (Fsp3) is 0.652. The van der Waals surface area contributed by atoms with Crippen molar-refractivity contribution in [2.24, 2.45) is 11.8 Å². The number of piperidine rings is 2. The zero-order valence-corrected chi connectivity index (χ0v) is 34.9. The van der Waals surface area contributed by atoms with Gasteiger partial charge in [-0.15, -0.1) is 0 Å². The summed E-state index contributed by atoms with van der Waals surface area (Å²) in [5.41, 5.74) is 0.569. The molecule has 2 spiro atoms. The largest absolute Gasteiger partial charge is 0.508 e. The summed E-state index contributed by atoms with van der Waals surface area (Å²) in [4.78, 5) is 59.2. The van der Waals surface area contributed by atoms with Crippen molar-refractivity contribution < 1.29 is 57.1 Å². The summed E-state index contributed by atoms with van der Waals surface area (Å²) in [6, 6.07) is 7.67. The van der Waals surface area contributed by atoms with Crippen LogP contribution in [-0.4, -0.2) is 124 Å². The number of nitrogens with zero attached hydrogens (tertiary/aromatic N) is 2. The van der Waals surface area contributed by atoms with E-state index < -0.39 is 46.6 Å². The fourth-order valence-corrected chi connectivity index (χ4v) is 14.0. The van der Waals surface area contributed by atoms with Gasteiger partial charge < -0.3 is 37.9 Å². The Morgan fingerprint density at radius 1 is 0.650 bits per heavy atom. The molecule has 0 radical (unpaired) electrons. The molecule has 2 aromatic carbocycles. The van der Waals surface area contributed by atoms with E-state index in [-0.39, 0.29) is 61.5 Å². The Morgan fingerprint density at radius 3 is 1.47 bits per heavy atom. The summed E-state index contributed by atoms with van der Waals surface area (Å²) in [5, 5.41) is 0. The van der Waals surface area contributed by atoms with Crippen molar-refractivity contribution in [3.8, 4) is 23.0 Å². The summed E-state index contributed by atoms with van der Waals surface area (Å²) in [5.74, 6) is 2.71. The Kier molecular flexibility index (Phi) is 8.61. The molecule has 14 heteroatoms. The van der Waals surface area contributed by atoms with Gasteiger partial charge in [-0.3, -0.25) is 19.4 Å². The van der Waals surface area contributed by atoms with Gasteiger partial charge in [0, 0.05) is 24.0 Å². The fourth-order valence-electron chi connectivity index (χ4n) is 14.0. The monoisotopic (exact) mass is 826 g/mol. The van der Waals surface area contributed by atoms with E-state index in [1.807, 2.05) is 12.1 Å². The predicted octanol–water partition coefficient (Wildman–Crippen LogP) is 5.24. The lowest BCUT2D eigenvalue weighted by molar-refractivity contribution is -0.194. The lowest BCUT2D eigenvalue weighted by Gasteiger charge is -2.62. The van der Waals surface area contributed by atoms with Gasteiger partial charge in [-0.1, -0.05) is 12.1 Å². The molecule has 60 heavy (non-hydrogen) atoms. The van der Waals surface area contributed by atoms with Gasteiger partial charge in [0.1, 0.15) is 11.2 Å². The highest BCUT2D eigenvalue weighted by Crippen LogP contribution is 2.68. The van der Waals surface area contributed by atoms with Gasteiger partial charge in [0.25, 0.3) is 0 Å². The minimum atomic E-state index is -0.980. The van der Waals surface area contributed by atoms with Gasteiger partial charge in [-0.05, 0) is 126 Å². The van der Waals surface area contributed by atoms with Crippen LogP contribution in [0.5, 0.6) is 23.0 Å². The second-order valence-corrected chi connectivity index (χ2v) is 19.0. The topological polar surface area (TPSA) is 149 Å². The number of ketones is 2. The third-order valence-corrected chi connectivity index (χ3v) is 16.8. The van der Waals surface area contributed by atoms with Crippen LogP contribution in [0.4, 0.5) is 9.59 Å². The van der Waals surface area contributed by atoms with E-state index >= 15 is 0 Å². The minimum Gasteiger partial charge on any atom is -0.493 e. The number of hydrogen-bond acceptors (Lipinski definition) is 14. The number of carbonyl (C=O) groups is 4. The molecule has 8 atom stereocenters. The number of Topliss-reactive ketones (excluding diaryl/α,β-unsaturated/α-hetero) is 2. The number of likely N-dealkylation sites (tertiary alicyclic amines) is 2. The Morgan fingerprint density at radius 2 is 1.07 bits per heavy atom. The molecule has 0 N–H and O–H groups in total. The molecule has 4 heterocycles. The molecule has 3 saturated carbocycles. The Hall–Kier alpha value is -4.56. The number of carbonyl (C=O) groups excluding carboxylic acids is 4. The SMILES string of the molecule is COc1ccc2c3c1O[C@H]1C(=O)CC[C@@]4(OC(=O)OCC5CCC(COC(=O)O[C@@]67CCC(=O)[C@@H]8Oc9c(OC)ccc%10c9[C@@]86CCN(C)[C@@H]7C%10)CC5)[C@@H](C2)N(C)CCC314. The number of likely N-dealkylation sites (N-methyl/N-ethyl adjacent to an activating group) is 2. The maximum Gasteiger partial charge on any atom is 0.508 e. The molecule has 9 aliphatic rings. The molecule has 14 nitrogen and oxygen atoms in total. The second-order valence-electron chi connectivity index (χ2n) is 19.0. The molecule has 4 aliphatic heterocycles. The van der Waals surface area contributed by atoms with Crippen molar-refractivity contribution >= 4 is 23.9 Å². The van der Waals surface area contributed by atoms with Crippen molar-refractivity contribution in [1.82, 2.24) is 9.80 Å². The summed E-state index contributed by atoms with van der Waals surface area (Å²) in [6.07, 6.45) is 4.23. The summed E-state index contributed by atoms with van der Waals surface area (Å²) < 4.78 is 49.3. The first kappa shape index (κ1) is 38.4. The van der Waals surface area contributed by atoms with Crippen molar-refractivity contribution in [3.05, 3.63) is 46.5 Å². The van der Waals surface area contributed by atoms with Crippen molar-refractivity contribution in [1.29, 1.82) is 0 Å². The van der Waals surface area contributed by atoms with Crippen LogP contribution in [-0.2, 0) is 52.2 Å². The normalized spacial score (nSPS) is 37.8. The number of hydrogen-bond donors (Lipinski definition) is 0. The molecule has 320 valence electrons. The molecule has 11 rings (SSSR count). The van der Waals surface area contributed by atoms with Gasteiger partial charge in [0.05, 0.1) is 50.3 Å². The zero-order chi connectivity index (χ0) is 41.3. The van der Waals surface area contributed by atoms with Crippen LogP contribution in [0.1, 0.15) is 86.5 Å². The molecule has 4 bridgehead atoms. The Balaban J connectivity index is 0.735. The van der Waals surface area contributed by atoms with Crippen LogP contribution in [0, 0.1) is 11.8 Å². The van der Waals surface area contributed by atoms with E-state index in [2.05, 4.69) is 36.0 Å². The Bertz CT molecular complexity index is 2040. The molecule has 5 fully saturated rings. The quantitative estimate of drug-likeness (QED) is 0.320. The van der Waals surface area contributed by atoms with Crippen LogP contribution in [0.2, 0.25) is 0 Å². The standard InChI is InChI=1S/C46H54N2O12/c1-47-19-17-43-35-27-9-11-31(53-3)37(35)57-39(43)29(49)13-15-45(43,33(47)21-27)59-41(51)55-23-25-5-7-26(8-6-25)24-56-42(52)60-46-16-14-30(50)40-44(46)18-20-48(2)34(46)22-28-10-12-32(54-4)38(58-40)36(28)44/h9-12,25-26,33-34,39-40H,5-8,13-24H2,1-4H3/t25?,26?,33-,34-,39+,40+,43+,44?,45-,46-/m1/s1. The minimum absolute atomic E-state index is 0.0301. The molecule has 0 amide bonds. The lowest BCUT2D eigenvalue weighted by atomic mass is 9.49. The third kappa shape index (κ3) is 4.89. The highest BCUT2D eigenvalue weighted by molar-refractivity contribution is 5.91. The summed E-state index contributed by atoms with van der Waals surface area (Å²) in [6.45, 7) is 1.95. The Labute approximate surface area is 349 Å². The average molecular weight is 827 g/mol. The highest BCUT2D eigenvalue weighted by atomic mass is 16.7. The van der Waals surface area contributed by atoms with Gasteiger partial charge >= 0.3 is 12.3 Å². The van der Waals surface area contributed by atoms with E-state index in [1.54, 1.807) is 14.2 Å². The van der Waals surface area contributed by atoms with E-state index in [4.69, 9.17) is 37.9 Å². The molecule has 1 unspecified atom stereocenters. The average Bonchev–Trinajstić information content (AvgIpc) is 3.80. The summed E-state index contributed by atoms with van der Waals surface area (Å²) in [7, 11) is 7.33. The molecule has 0 aromatic heterocycles. The first-order valence-electron chi connectivity index (χ1n) is 21.9. The molecule has 2 saturated heterocycles. The first-order chi connectivity index (χ1) is 29.0. The van der Waals surface area contributed by atoms with Crippen molar-refractivity contribution in [3.63, 3.8) is 0 Å². The molecule has 2 aromatic rings. The van der Waals surface area contributed by atoms with E-state index in [0.29, 0.717) is 61.5 Å². The van der Waals surface area contributed by atoms with Crippen LogP contribution < -0.4 is 18.9 Å². The van der Waals surface area contributed by atoms with Crippen LogP contribution in [0.25, 0.3) is 0 Å². The third-order valence-electron chi connectivity index (χ3n) is 16.8. The van der Waals surface area contributed by atoms with Gasteiger partial charge in [0.2, 0.25) is 0 Å². The smallest absolute Gasteiger partial charge is 0.493 e. The number of methoxy groups -OCH3 is 2. The van der Waals surface area contributed by atoms with E-state index in [1.165, 1.54) is 0 Å². The number of ether oxygens (including phenoxy) is 8. The highest BCUT2D eigenvalue weighted by Gasteiger charge is 2.77. The van der Waals surface area contributed by atoms with E-state index in [9.17, 15) is 19.2 Å². The number of benzene rings is 2. The van der Waals surface area contributed by atoms with Crippen molar-refractivity contribution in [2.45, 2.75) is 123 Å². The molecular formula is C46H54N2O12. The summed E-state index contributed by atoms with van der Waals surface area (Å²) >= 11 is 0. The molecule has 5 aliphatic carbocycles. The maximum absolute atomic E-state index is 13.8. The van der Waals surface area contributed by atoms with E-state index in [0.717, 1.165) is 61.0 Å². The molecular weight excluding hydrogens is 773 g/mol. The number of rotatable bonds is 8. The van der Waals surface area contributed by atoms with Crippen molar-refractivity contribution in [2.75, 3.05) is 54.6 Å². The van der Waals surface area contributed by atoms with Crippen LogP contribution in [0.3, 0.4) is 0 Å². The van der Waals surface area contributed by atoms with Gasteiger partial charge in [-0.2, -0.15) is 0 Å². The van der Waals surface area contributed by atoms with Crippen LogP contribution in [0.15, 0.2) is 24.3 Å². The predicted molar refractivity (Wildman–Crippen MR) is 212 cm³/mol. The van der Waals surface area contributed by atoms with Crippen LogP contribution >= 0.6 is 0 Å². The second kappa shape index (κ2) is 13.5. The maximum atomic E-state index is 13.8. The van der Waals surface area contributed by atoms with Gasteiger partial charge in [-0.25, -0.2) is 9.59 Å². The first-order valence-corrected chi connectivity index (χ1v) is 21.9. The van der Waals surface area contributed by atoms with Gasteiger partial charge in [0.15, 0.2) is 46.8 Å². The lowest BCUT2D eigenvalue weighted by Crippen LogP contribution is -2.77. The zero-order valence-electron chi connectivity index (χ0n) is 34.9.